The van der Waals surface area contributed by atoms with E-state index in [1.165, 1.54) is 19.2 Å². The molecule has 8 heteroatoms. The van der Waals surface area contributed by atoms with E-state index in [1.807, 2.05) is 0 Å². The summed E-state index contributed by atoms with van der Waals surface area (Å²) in [6, 6.07) is 1.23. The first-order chi connectivity index (χ1) is 10.5. The van der Waals surface area contributed by atoms with Crippen LogP contribution in [-0.4, -0.2) is 46.1 Å². The molecule has 1 amide bonds. The number of carboxylic acids is 1. The summed E-state index contributed by atoms with van der Waals surface area (Å²) in [6.07, 6.45) is -1.02. The quantitative estimate of drug-likeness (QED) is 0.647. The van der Waals surface area contributed by atoms with Crippen molar-refractivity contribution in [2.45, 2.75) is 38.8 Å². The zero-order valence-corrected chi connectivity index (χ0v) is 13.4. The number of benzene rings is 1. The van der Waals surface area contributed by atoms with Gasteiger partial charge in [-0.05, 0) is 38.5 Å². The summed E-state index contributed by atoms with van der Waals surface area (Å²) in [4.78, 5) is 23.0. The summed E-state index contributed by atoms with van der Waals surface area (Å²) < 4.78 is 9.80. The Hall–Kier alpha value is -2.64. The van der Waals surface area contributed by atoms with Crippen LogP contribution in [0.2, 0.25) is 0 Å². The third kappa shape index (κ3) is 5.57. The number of carbonyl (C=O) groups is 2. The lowest BCUT2D eigenvalue weighted by molar-refractivity contribution is -0.139. The predicted octanol–water partition coefficient (Wildman–Crippen LogP) is 1.63. The Morgan fingerprint density at radius 2 is 1.74 bits per heavy atom. The molecule has 128 valence electrons. The number of hydrogen-bond acceptors (Lipinski definition) is 6. The second kappa shape index (κ2) is 7.08. The normalized spacial score (nSPS) is 12.3. The summed E-state index contributed by atoms with van der Waals surface area (Å²) >= 11 is 0. The summed E-state index contributed by atoms with van der Waals surface area (Å²) in [5, 5.41) is 30.9. The summed E-state index contributed by atoms with van der Waals surface area (Å²) in [5.41, 5.74) is -0.451. The van der Waals surface area contributed by atoms with Crippen molar-refractivity contribution in [3.63, 3.8) is 0 Å². The highest BCUT2D eigenvalue weighted by Crippen LogP contribution is 2.36. The largest absolute Gasteiger partial charge is 0.504 e. The van der Waals surface area contributed by atoms with Gasteiger partial charge < -0.3 is 30.1 Å². The van der Waals surface area contributed by atoms with Crippen LogP contribution in [-0.2, 0) is 16.0 Å². The minimum absolute atomic E-state index is 0.110. The molecule has 0 saturated carbocycles. The molecule has 0 aliphatic rings. The number of rotatable bonds is 5. The molecule has 0 aliphatic heterocycles. The molecule has 0 unspecified atom stereocenters. The van der Waals surface area contributed by atoms with Crippen molar-refractivity contribution in [1.29, 1.82) is 0 Å². The zero-order valence-electron chi connectivity index (χ0n) is 13.4. The number of aromatic hydroxyl groups is 2. The number of carboxylic acid groups (broad SMARTS) is 1. The number of alkyl carbamates (subject to hydrolysis) is 1. The molecular weight excluding hydrogens is 306 g/mol. The van der Waals surface area contributed by atoms with Crippen LogP contribution in [0.15, 0.2) is 12.1 Å². The molecule has 4 N–H and O–H groups in total. The molecule has 0 spiro atoms. The van der Waals surface area contributed by atoms with Crippen LogP contribution in [0.3, 0.4) is 0 Å². The third-order valence-corrected chi connectivity index (χ3v) is 2.74. The lowest BCUT2D eigenvalue weighted by Crippen LogP contribution is -2.44. The first-order valence-electron chi connectivity index (χ1n) is 6.84. The van der Waals surface area contributed by atoms with Crippen molar-refractivity contribution in [3.05, 3.63) is 17.7 Å². The van der Waals surface area contributed by atoms with E-state index in [4.69, 9.17) is 9.47 Å². The van der Waals surface area contributed by atoms with Crippen LogP contribution in [0, 0.1) is 0 Å². The first kappa shape index (κ1) is 18.4. The minimum Gasteiger partial charge on any atom is -0.504 e. The highest BCUT2D eigenvalue weighted by atomic mass is 16.6. The highest BCUT2D eigenvalue weighted by molar-refractivity contribution is 5.80. The number of methoxy groups -OCH3 is 1. The number of phenols is 2. The van der Waals surface area contributed by atoms with E-state index in [9.17, 15) is 24.9 Å². The molecule has 1 rings (SSSR count). The van der Waals surface area contributed by atoms with Gasteiger partial charge in [-0.15, -0.1) is 0 Å². The van der Waals surface area contributed by atoms with Gasteiger partial charge >= 0.3 is 12.1 Å². The Labute approximate surface area is 133 Å². The van der Waals surface area contributed by atoms with Crippen molar-refractivity contribution in [2.75, 3.05) is 7.11 Å². The van der Waals surface area contributed by atoms with Crippen molar-refractivity contribution in [1.82, 2.24) is 5.32 Å². The Morgan fingerprint density at radius 1 is 1.22 bits per heavy atom. The first-order valence-corrected chi connectivity index (χ1v) is 6.84. The maximum Gasteiger partial charge on any atom is 0.408 e. The Kier molecular flexibility index (Phi) is 5.67. The van der Waals surface area contributed by atoms with Gasteiger partial charge in [0.2, 0.25) is 5.75 Å². The molecule has 23 heavy (non-hydrogen) atoms. The second-order valence-electron chi connectivity index (χ2n) is 5.91. The van der Waals surface area contributed by atoms with E-state index < -0.39 is 23.7 Å². The van der Waals surface area contributed by atoms with Crippen molar-refractivity contribution in [2.24, 2.45) is 0 Å². The van der Waals surface area contributed by atoms with Crippen LogP contribution in [0.25, 0.3) is 0 Å². The molecule has 1 aromatic rings. The predicted molar refractivity (Wildman–Crippen MR) is 80.8 cm³/mol. The van der Waals surface area contributed by atoms with Crippen LogP contribution in [0.4, 0.5) is 4.79 Å². The Balaban J connectivity index is 2.89. The van der Waals surface area contributed by atoms with Crippen LogP contribution < -0.4 is 10.1 Å². The number of amides is 1. The van der Waals surface area contributed by atoms with E-state index in [2.05, 4.69) is 5.32 Å². The van der Waals surface area contributed by atoms with Gasteiger partial charge in [-0.1, -0.05) is 0 Å². The average molecular weight is 327 g/mol. The van der Waals surface area contributed by atoms with Gasteiger partial charge in [0.25, 0.3) is 0 Å². The lowest BCUT2D eigenvalue weighted by atomic mass is 10.0. The van der Waals surface area contributed by atoms with E-state index in [-0.39, 0.29) is 23.7 Å². The third-order valence-electron chi connectivity index (χ3n) is 2.74. The molecule has 0 heterocycles. The Morgan fingerprint density at radius 3 is 2.13 bits per heavy atom. The molecule has 1 atom stereocenters. The smallest absolute Gasteiger partial charge is 0.408 e. The number of carbonyl (C=O) groups excluding carboxylic acids is 1. The molecule has 0 bridgehead atoms. The zero-order chi connectivity index (χ0) is 17.8. The van der Waals surface area contributed by atoms with Crippen molar-refractivity contribution >= 4 is 12.1 Å². The van der Waals surface area contributed by atoms with Gasteiger partial charge in [-0.2, -0.15) is 0 Å². The average Bonchev–Trinajstić information content (AvgIpc) is 2.35. The fourth-order valence-corrected chi connectivity index (χ4v) is 1.87. The van der Waals surface area contributed by atoms with E-state index >= 15 is 0 Å². The number of hydrogen-bond donors (Lipinski definition) is 4. The fraction of sp³-hybridized carbons (Fsp3) is 0.467. The number of nitrogens with one attached hydrogen (secondary N) is 1. The SMILES string of the molecule is COc1c(O)cc(C[C@@H](NC(=O)OC(C)(C)C)C(=O)O)cc1O. The van der Waals surface area contributed by atoms with Gasteiger partial charge in [0.05, 0.1) is 7.11 Å². The number of ether oxygens (including phenoxy) is 2. The molecule has 1 aromatic carbocycles. The number of phenolic OH excluding ortho intramolecular Hbond substituents is 2. The maximum absolute atomic E-state index is 11.7. The number of aliphatic carboxylic acids is 1. The summed E-state index contributed by atoms with van der Waals surface area (Å²) in [6.45, 7) is 4.96. The van der Waals surface area contributed by atoms with Crippen molar-refractivity contribution < 1.29 is 34.4 Å². The monoisotopic (exact) mass is 327 g/mol. The molecule has 0 saturated heterocycles. The second-order valence-corrected chi connectivity index (χ2v) is 5.91. The van der Waals surface area contributed by atoms with Gasteiger partial charge in [-0.3, -0.25) is 0 Å². The fourth-order valence-electron chi connectivity index (χ4n) is 1.87. The topological polar surface area (TPSA) is 125 Å². The lowest BCUT2D eigenvalue weighted by Gasteiger charge is -2.22. The molecule has 0 aromatic heterocycles. The van der Waals surface area contributed by atoms with Crippen LogP contribution in [0.5, 0.6) is 17.2 Å². The van der Waals surface area contributed by atoms with Crippen LogP contribution >= 0.6 is 0 Å². The molecule has 8 nitrogen and oxygen atoms in total. The molecule has 0 radical (unpaired) electrons. The minimum atomic E-state index is -1.28. The van der Waals surface area contributed by atoms with Gasteiger partial charge in [0, 0.05) is 6.42 Å². The highest BCUT2D eigenvalue weighted by Gasteiger charge is 2.25. The maximum atomic E-state index is 11.7. The van der Waals surface area contributed by atoms with E-state index in [1.54, 1.807) is 20.8 Å². The Bertz CT molecular complexity index is 569. The van der Waals surface area contributed by atoms with Gasteiger partial charge in [-0.25, -0.2) is 9.59 Å². The van der Waals surface area contributed by atoms with Crippen molar-refractivity contribution in [3.8, 4) is 17.2 Å². The molecule has 0 aliphatic carbocycles. The van der Waals surface area contributed by atoms with Gasteiger partial charge in [0.1, 0.15) is 11.6 Å². The molecule has 0 fully saturated rings. The van der Waals surface area contributed by atoms with Crippen LogP contribution in [0.1, 0.15) is 26.3 Å². The van der Waals surface area contributed by atoms with E-state index in [0.29, 0.717) is 5.56 Å². The van der Waals surface area contributed by atoms with E-state index in [0.717, 1.165) is 0 Å². The summed E-state index contributed by atoms with van der Waals surface area (Å²) in [7, 11) is 1.28. The summed E-state index contributed by atoms with van der Waals surface area (Å²) in [5.74, 6) is -2.04. The standard InChI is InChI=1S/C15H21NO7/c1-15(2,3)23-14(21)16-9(13(19)20)5-8-6-10(17)12(22-4)11(18)7-8/h6-7,9,17-18H,5H2,1-4H3,(H,16,21)(H,19,20)/t9-/m1/s1. The molecular formula is C15H21NO7. The van der Waals surface area contributed by atoms with Gasteiger partial charge in [0.15, 0.2) is 11.5 Å².